The summed E-state index contributed by atoms with van der Waals surface area (Å²) < 4.78 is 33.5. The third kappa shape index (κ3) is 3.36. The van der Waals surface area contributed by atoms with Gasteiger partial charge in [-0.3, -0.25) is 4.98 Å². The van der Waals surface area contributed by atoms with E-state index in [-0.39, 0.29) is 11.6 Å². The summed E-state index contributed by atoms with van der Waals surface area (Å²) in [5.41, 5.74) is 2.25. The van der Waals surface area contributed by atoms with Crippen LogP contribution in [0.25, 0.3) is 11.3 Å². The van der Waals surface area contributed by atoms with Gasteiger partial charge >= 0.3 is 6.61 Å². The molecule has 0 fully saturated rings. The van der Waals surface area contributed by atoms with Crippen LogP contribution in [-0.4, -0.2) is 18.7 Å². The predicted octanol–water partition coefficient (Wildman–Crippen LogP) is 4.10. The summed E-state index contributed by atoms with van der Waals surface area (Å²) in [6, 6.07) is 8.03. The number of pyridine rings is 1. The van der Waals surface area contributed by atoms with Crippen LogP contribution in [0.15, 0.2) is 36.5 Å². The number of hydrogen-bond donors (Lipinski definition) is 0. The Morgan fingerprint density at radius 3 is 2.45 bits per heavy atom. The van der Waals surface area contributed by atoms with E-state index in [1.165, 1.54) is 12.1 Å². The van der Waals surface area contributed by atoms with Crippen molar-refractivity contribution in [3.8, 4) is 22.8 Å². The average Bonchev–Trinajstić information content (AvgIpc) is 2.47. The van der Waals surface area contributed by atoms with Crippen LogP contribution in [0.5, 0.6) is 11.5 Å². The normalized spacial score (nSPS) is 10.7. The van der Waals surface area contributed by atoms with Gasteiger partial charge in [0.1, 0.15) is 11.5 Å². The fourth-order valence-electron chi connectivity index (χ4n) is 1.76. The highest BCUT2D eigenvalue weighted by Gasteiger charge is 2.09. The smallest absolute Gasteiger partial charge is 0.387 e. The highest BCUT2D eigenvalue weighted by atomic mass is 35.5. The third-order valence-electron chi connectivity index (χ3n) is 2.67. The molecule has 0 atom stereocenters. The number of methoxy groups -OCH3 is 1. The highest BCUT2D eigenvalue weighted by molar-refractivity contribution is 6.17. The molecule has 1 aromatic heterocycles. The van der Waals surface area contributed by atoms with E-state index in [0.29, 0.717) is 11.4 Å². The maximum absolute atomic E-state index is 12.1. The molecule has 0 spiro atoms. The van der Waals surface area contributed by atoms with Gasteiger partial charge in [-0.05, 0) is 35.9 Å². The minimum absolute atomic E-state index is 0.102. The van der Waals surface area contributed by atoms with Crippen molar-refractivity contribution in [1.82, 2.24) is 4.98 Å². The van der Waals surface area contributed by atoms with E-state index in [1.807, 2.05) is 0 Å². The maximum Gasteiger partial charge on any atom is 0.387 e. The predicted molar refractivity (Wildman–Crippen MR) is 72.4 cm³/mol. The lowest BCUT2D eigenvalue weighted by molar-refractivity contribution is -0.0498. The SMILES string of the molecule is COc1cnc(-c2ccc(OC(F)F)cc2)c(CCl)c1. The number of halogens is 3. The molecular weight excluding hydrogens is 288 g/mol. The van der Waals surface area contributed by atoms with E-state index in [0.717, 1.165) is 11.1 Å². The molecular formula is C14H12ClF2NO2. The summed E-state index contributed by atoms with van der Waals surface area (Å²) >= 11 is 5.89. The summed E-state index contributed by atoms with van der Waals surface area (Å²) in [6.45, 7) is -2.83. The number of ether oxygens (including phenoxy) is 2. The van der Waals surface area contributed by atoms with Gasteiger partial charge in [-0.25, -0.2) is 0 Å². The highest BCUT2D eigenvalue weighted by Crippen LogP contribution is 2.27. The van der Waals surface area contributed by atoms with Gasteiger partial charge < -0.3 is 9.47 Å². The molecule has 0 saturated heterocycles. The van der Waals surface area contributed by atoms with Crippen LogP contribution in [0, 0.1) is 0 Å². The molecule has 3 nitrogen and oxygen atoms in total. The molecule has 2 rings (SSSR count). The number of nitrogens with zero attached hydrogens (tertiary/aromatic N) is 1. The molecule has 0 aliphatic rings. The average molecular weight is 300 g/mol. The first-order valence-electron chi connectivity index (χ1n) is 5.78. The zero-order valence-electron chi connectivity index (χ0n) is 10.6. The molecule has 0 bridgehead atoms. The second-order valence-electron chi connectivity index (χ2n) is 3.92. The van der Waals surface area contributed by atoms with Crippen molar-refractivity contribution in [1.29, 1.82) is 0 Å². The number of aromatic nitrogens is 1. The van der Waals surface area contributed by atoms with E-state index < -0.39 is 6.61 Å². The molecule has 0 saturated carbocycles. The molecule has 0 radical (unpaired) electrons. The Labute approximate surface area is 120 Å². The molecule has 1 aromatic carbocycles. The lowest BCUT2D eigenvalue weighted by Crippen LogP contribution is -2.01. The monoisotopic (exact) mass is 299 g/mol. The Bertz CT molecular complexity index is 576. The zero-order valence-corrected chi connectivity index (χ0v) is 11.4. The molecule has 0 aliphatic carbocycles. The van der Waals surface area contributed by atoms with Crippen LogP contribution in [-0.2, 0) is 5.88 Å². The number of alkyl halides is 3. The lowest BCUT2D eigenvalue weighted by Gasteiger charge is -2.09. The fraction of sp³-hybridized carbons (Fsp3) is 0.214. The molecule has 2 aromatic rings. The number of hydrogen-bond acceptors (Lipinski definition) is 3. The van der Waals surface area contributed by atoms with E-state index >= 15 is 0 Å². The van der Waals surface area contributed by atoms with Crippen molar-refractivity contribution >= 4 is 11.6 Å². The van der Waals surface area contributed by atoms with Gasteiger partial charge in [0, 0.05) is 11.4 Å². The topological polar surface area (TPSA) is 31.4 Å². The maximum atomic E-state index is 12.1. The molecule has 0 unspecified atom stereocenters. The Balaban J connectivity index is 2.31. The van der Waals surface area contributed by atoms with Gasteiger partial charge in [-0.1, -0.05) is 0 Å². The standard InChI is InChI=1S/C14H12ClF2NO2/c1-19-12-6-10(7-15)13(18-8-12)9-2-4-11(5-3-9)20-14(16)17/h2-6,8,14H,7H2,1H3. The van der Waals surface area contributed by atoms with Crippen LogP contribution in [0.2, 0.25) is 0 Å². The van der Waals surface area contributed by atoms with Gasteiger partial charge in [0.05, 0.1) is 19.0 Å². The van der Waals surface area contributed by atoms with Crippen LogP contribution < -0.4 is 9.47 Å². The van der Waals surface area contributed by atoms with Crippen molar-refractivity contribution in [2.75, 3.05) is 7.11 Å². The van der Waals surface area contributed by atoms with Crippen molar-refractivity contribution in [2.24, 2.45) is 0 Å². The molecule has 20 heavy (non-hydrogen) atoms. The third-order valence-corrected chi connectivity index (χ3v) is 2.96. The Hall–Kier alpha value is -1.88. The largest absolute Gasteiger partial charge is 0.495 e. The number of rotatable bonds is 5. The van der Waals surface area contributed by atoms with Gasteiger partial charge in [0.15, 0.2) is 0 Å². The van der Waals surface area contributed by atoms with Crippen molar-refractivity contribution in [3.05, 3.63) is 42.1 Å². The van der Waals surface area contributed by atoms with Crippen LogP contribution >= 0.6 is 11.6 Å². The van der Waals surface area contributed by atoms with Gasteiger partial charge in [0.25, 0.3) is 0 Å². The van der Waals surface area contributed by atoms with Gasteiger partial charge in [-0.2, -0.15) is 8.78 Å². The summed E-state index contributed by atoms with van der Waals surface area (Å²) in [5.74, 6) is 0.987. The van der Waals surface area contributed by atoms with E-state index in [9.17, 15) is 8.78 Å². The minimum atomic E-state index is -2.83. The molecule has 0 N–H and O–H groups in total. The summed E-state index contributed by atoms with van der Waals surface area (Å²) in [7, 11) is 1.55. The first-order valence-corrected chi connectivity index (χ1v) is 6.31. The second kappa shape index (κ2) is 6.52. The van der Waals surface area contributed by atoms with E-state index in [1.54, 1.807) is 31.5 Å². The lowest BCUT2D eigenvalue weighted by atomic mass is 10.1. The van der Waals surface area contributed by atoms with Crippen LogP contribution in [0.4, 0.5) is 8.78 Å². The fourth-order valence-corrected chi connectivity index (χ4v) is 1.96. The molecule has 1 heterocycles. The first kappa shape index (κ1) is 14.5. The Morgan fingerprint density at radius 1 is 1.20 bits per heavy atom. The van der Waals surface area contributed by atoms with Gasteiger partial charge in [0.2, 0.25) is 0 Å². The van der Waals surface area contributed by atoms with E-state index in [2.05, 4.69) is 9.72 Å². The minimum Gasteiger partial charge on any atom is -0.495 e. The molecule has 6 heteroatoms. The van der Waals surface area contributed by atoms with Gasteiger partial charge in [-0.15, -0.1) is 11.6 Å². The molecule has 0 amide bonds. The summed E-state index contributed by atoms with van der Waals surface area (Å²) in [4.78, 5) is 4.28. The van der Waals surface area contributed by atoms with Crippen molar-refractivity contribution in [2.45, 2.75) is 12.5 Å². The van der Waals surface area contributed by atoms with Crippen molar-refractivity contribution in [3.63, 3.8) is 0 Å². The second-order valence-corrected chi connectivity index (χ2v) is 4.19. The van der Waals surface area contributed by atoms with Crippen LogP contribution in [0.1, 0.15) is 5.56 Å². The van der Waals surface area contributed by atoms with Crippen molar-refractivity contribution < 1.29 is 18.3 Å². The van der Waals surface area contributed by atoms with Crippen LogP contribution in [0.3, 0.4) is 0 Å². The quantitative estimate of drug-likeness (QED) is 0.779. The zero-order chi connectivity index (χ0) is 14.5. The number of benzene rings is 1. The Kier molecular flexibility index (Phi) is 4.74. The first-order chi connectivity index (χ1) is 9.63. The van der Waals surface area contributed by atoms with E-state index in [4.69, 9.17) is 16.3 Å². The summed E-state index contributed by atoms with van der Waals surface area (Å²) in [5, 5.41) is 0. The summed E-state index contributed by atoms with van der Waals surface area (Å²) in [6.07, 6.45) is 1.58. The molecule has 106 valence electrons. The molecule has 0 aliphatic heterocycles. The Morgan fingerprint density at radius 2 is 1.90 bits per heavy atom.